The lowest BCUT2D eigenvalue weighted by molar-refractivity contribution is -0.117. The van der Waals surface area contributed by atoms with Crippen molar-refractivity contribution in [3.63, 3.8) is 0 Å². The molecule has 3 N–H and O–H groups in total. The average Bonchev–Trinajstić information content (AvgIpc) is 3.20. The van der Waals surface area contributed by atoms with Gasteiger partial charge in [0, 0.05) is 12.3 Å². The number of rotatable bonds is 5. The number of fused-ring (bicyclic) bond motifs is 1. The van der Waals surface area contributed by atoms with Crippen LogP contribution in [0.2, 0.25) is 0 Å². The van der Waals surface area contributed by atoms with E-state index in [9.17, 15) is 14.4 Å². The fourth-order valence-electron chi connectivity index (χ4n) is 3.42. The molecule has 0 bridgehead atoms. The third kappa shape index (κ3) is 3.62. The molecule has 8 nitrogen and oxygen atoms in total. The summed E-state index contributed by atoms with van der Waals surface area (Å²) in [5, 5.41) is 5.12. The van der Waals surface area contributed by atoms with Crippen LogP contribution in [-0.4, -0.2) is 29.3 Å². The topological polar surface area (TPSA) is 109 Å². The number of nitrogens with two attached hydrogens (primary N) is 1. The number of amides is 3. The lowest BCUT2D eigenvalue weighted by Gasteiger charge is -2.37. The van der Waals surface area contributed by atoms with E-state index in [4.69, 9.17) is 5.73 Å². The number of aromatic nitrogens is 1. The maximum atomic E-state index is 12.6. The predicted molar refractivity (Wildman–Crippen MR) is 115 cm³/mol. The van der Waals surface area contributed by atoms with Gasteiger partial charge in [-0.15, -0.1) is 11.3 Å². The zero-order valence-electron chi connectivity index (χ0n) is 16.1. The fraction of sp³-hybridized carbons (Fsp3) is 0.143. The summed E-state index contributed by atoms with van der Waals surface area (Å²) in [6, 6.07) is 16.2. The third-order valence-corrected chi connectivity index (χ3v) is 5.52. The van der Waals surface area contributed by atoms with Crippen molar-refractivity contribution in [2.45, 2.75) is 13.1 Å². The van der Waals surface area contributed by atoms with Gasteiger partial charge in [0.15, 0.2) is 5.13 Å². The van der Waals surface area contributed by atoms with E-state index in [2.05, 4.69) is 10.3 Å². The molecule has 0 radical (unpaired) electrons. The number of anilines is 3. The zero-order valence-corrected chi connectivity index (χ0v) is 16.9. The Morgan fingerprint density at radius 3 is 2.57 bits per heavy atom. The molecule has 1 atom stereocenters. The van der Waals surface area contributed by atoms with Gasteiger partial charge in [-0.1, -0.05) is 30.3 Å². The summed E-state index contributed by atoms with van der Waals surface area (Å²) in [5.41, 5.74) is 7.73. The number of para-hydroxylation sites is 2. The molecule has 0 fully saturated rings. The summed E-state index contributed by atoms with van der Waals surface area (Å²) in [7, 11) is 0. The third-order valence-electron chi connectivity index (χ3n) is 4.67. The van der Waals surface area contributed by atoms with E-state index in [1.54, 1.807) is 34.5 Å². The Morgan fingerprint density at radius 1 is 1.17 bits per heavy atom. The Labute approximate surface area is 176 Å². The molecule has 1 aromatic heterocycles. The highest BCUT2D eigenvalue weighted by Gasteiger charge is 2.34. The first-order valence-electron chi connectivity index (χ1n) is 9.21. The van der Waals surface area contributed by atoms with Crippen molar-refractivity contribution >= 4 is 45.6 Å². The van der Waals surface area contributed by atoms with Crippen molar-refractivity contribution in [1.29, 1.82) is 0 Å². The second-order valence-corrected chi connectivity index (χ2v) is 7.57. The SMILES string of the molecule is CC(=O)N(c1ccccc1)c1nc(C2NC(=O)c3ccccc3N2CC(N)=O)cs1. The van der Waals surface area contributed by atoms with E-state index < -0.39 is 12.1 Å². The maximum Gasteiger partial charge on any atom is 0.255 e. The first-order valence-corrected chi connectivity index (χ1v) is 10.1. The molecule has 1 aliphatic rings. The van der Waals surface area contributed by atoms with Crippen LogP contribution >= 0.6 is 11.3 Å². The maximum absolute atomic E-state index is 12.6. The lowest BCUT2D eigenvalue weighted by atomic mass is 10.1. The van der Waals surface area contributed by atoms with Crippen molar-refractivity contribution in [3.05, 3.63) is 71.2 Å². The summed E-state index contributed by atoms with van der Waals surface area (Å²) in [4.78, 5) is 44.5. The minimum Gasteiger partial charge on any atom is -0.368 e. The molecule has 0 saturated carbocycles. The molecule has 30 heavy (non-hydrogen) atoms. The summed E-state index contributed by atoms with van der Waals surface area (Å²) in [5.74, 6) is -0.984. The van der Waals surface area contributed by atoms with Crippen LogP contribution < -0.4 is 20.9 Å². The van der Waals surface area contributed by atoms with Gasteiger partial charge in [0.05, 0.1) is 29.2 Å². The van der Waals surface area contributed by atoms with Crippen molar-refractivity contribution in [3.8, 4) is 0 Å². The highest BCUT2D eigenvalue weighted by atomic mass is 32.1. The van der Waals surface area contributed by atoms with E-state index in [1.165, 1.54) is 23.2 Å². The van der Waals surface area contributed by atoms with Gasteiger partial charge < -0.3 is 16.0 Å². The summed E-state index contributed by atoms with van der Waals surface area (Å²) in [6.45, 7) is 1.37. The quantitative estimate of drug-likeness (QED) is 0.658. The Bertz CT molecular complexity index is 1110. The number of thiazole rings is 1. The molecule has 9 heteroatoms. The number of nitrogens with zero attached hydrogens (tertiary/aromatic N) is 3. The van der Waals surface area contributed by atoms with Crippen molar-refractivity contribution < 1.29 is 14.4 Å². The molecular formula is C21H19N5O3S. The van der Waals surface area contributed by atoms with E-state index >= 15 is 0 Å². The van der Waals surface area contributed by atoms with E-state index in [0.29, 0.717) is 27.8 Å². The highest BCUT2D eigenvalue weighted by Crippen LogP contribution is 2.36. The molecule has 1 unspecified atom stereocenters. The van der Waals surface area contributed by atoms with Crippen LogP contribution in [0.3, 0.4) is 0 Å². The highest BCUT2D eigenvalue weighted by molar-refractivity contribution is 7.14. The Hall–Kier alpha value is -3.72. The molecule has 2 heterocycles. The van der Waals surface area contributed by atoms with Crippen molar-refractivity contribution in [1.82, 2.24) is 10.3 Å². The van der Waals surface area contributed by atoms with E-state index in [1.807, 2.05) is 30.3 Å². The van der Waals surface area contributed by atoms with Gasteiger partial charge in [-0.25, -0.2) is 4.98 Å². The number of carbonyl (C=O) groups excluding carboxylic acids is 3. The first kappa shape index (κ1) is 19.6. The number of benzene rings is 2. The minimum absolute atomic E-state index is 0.0933. The molecule has 0 saturated heterocycles. The Kier molecular flexibility index (Phi) is 5.20. The molecule has 152 valence electrons. The number of hydrogen-bond donors (Lipinski definition) is 2. The van der Waals surface area contributed by atoms with Gasteiger partial charge >= 0.3 is 0 Å². The second-order valence-electron chi connectivity index (χ2n) is 6.73. The van der Waals surface area contributed by atoms with Gasteiger partial charge in [0.1, 0.15) is 6.17 Å². The Morgan fingerprint density at radius 2 is 1.87 bits per heavy atom. The van der Waals surface area contributed by atoms with Gasteiger partial charge in [-0.2, -0.15) is 0 Å². The predicted octanol–water partition coefficient (Wildman–Crippen LogP) is 2.56. The number of primary amides is 1. The molecule has 3 amide bonds. The molecule has 2 aromatic carbocycles. The summed E-state index contributed by atoms with van der Waals surface area (Å²) < 4.78 is 0. The number of carbonyl (C=O) groups is 3. The van der Waals surface area contributed by atoms with Crippen LogP contribution in [0.15, 0.2) is 60.0 Å². The molecule has 3 aromatic rings. The van der Waals surface area contributed by atoms with Crippen LogP contribution in [0.5, 0.6) is 0 Å². The van der Waals surface area contributed by atoms with Crippen LogP contribution in [0.25, 0.3) is 0 Å². The van der Waals surface area contributed by atoms with Gasteiger partial charge in [0.2, 0.25) is 11.8 Å². The average molecular weight is 421 g/mol. The normalized spacial score (nSPS) is 15.3. The van der Waals surface area contributed by atoms with Crippen LogP contribution in [0.1, 0.15) is 29.1 Å². The second kappa shape index (κ2) is 7.96. The number of hydrogen-bond acceptors (Lipinski definition) is 6. The zero-order chi connectivity index (χ0) is 21.3. The lowest BCUT2D eigenvalue weighted by Crippen LogP contribution is -2.49. The Balaban J connectivity index is 1.73. The number of nitrogens with one attached hydrogen (secondary N) is 1. The largest absolute Gasteiger partial charge is 0.368 e. The van der Waals surface area contributed by atoms with Gasteiger partial charge in [-0.05, 0) is 24.3 Å². The van der Waals surface area contributed by atoms with Crippen molar-refractivity contribution in [2.24, 2.45) is 5.73 Å². The molecule has 4 rings (SSSR count). The molecular weight excluding hydrogens is 402 g/mol. The summed E-state index contributed by atoms with van der Waals surface area (Å²) in [6.07, 6.45) is -0.686. The standard InChI is InChI=1S/C21H19N5O3S/c1-13(27)26(14-7-3-2-4-8-14)21-23-16(12-30-21)19-24-20(29)15-9-5-6-10-17(15)25(19)11-18(22)28/h2-10,12,19H,11H2,1H3,(H2,22,28)(H,24,29). The van der Waals surface area contributed by atoms with Crippen LogP contribution in [0.4, 0.5) is 16.5 Å². The van der Waals surface area contributed by atoms with Crippen LogP contribution in [0, 0.1) is 0 Å². The molecule has 0 spiro atoms. The minimum atomic E-state index is -0.686. The fourth-order valence-corrected chi connectivity index (χ4v) is 4.33. The van der Waals surface area contributed by atoms with Gasteiger partial charge in [0.25, 0.3) is 5.91 Å². The van der Waals surface area contributed by atoms with Crippen molar-refractivity contribution in [2.75, 3.05) is 16.3 Å². The van der Waals surface area contributed by atoms with E-state index in [-0.39, 0.29) is 18.4 Å². The van der Waals surface area contributed by atoms with Gasteiger partial charge in [-0.3, -0.25) is 19.3 Å². The van der Waals surface area contributed by atoms with E-state index in [0.717, 1.165) is 0 Å². The molecule has 0 aliphatic carbocycles. The molecule has 1 aliphatic heterocycles. The monoisotopic (exact) mass is 421 g/mol. The summed E-state index contributed by atoms with van der Waals surface area (Å²) >= 11 is 1.28. The first-order chi connectivity index (χ1) is 14.5. The smallest absolute Gasteiger partial charge is 0.255 e. The van der Waals surface area contributed by atoms with Crippen LogP contribution in [-0.2, 0) is 9.59 Å².